The first-order valence-electron chi connectivity index (χ1n) is 7.28. The van der Waals surface area contributed by atoms with Crippen molar-refractivity contribution in [3.63, 3.8) is 0 Å². The van der Waals surface area contributed by atoms with E-state index >= 15 is 0 Å². The van der Waals surface area contributed by atoms with Crippen LogP contribution in [0.1, 0.15) is 40.8 Å². The van der Waals surface area contributed by atoms with Gasteiger partial charge in [-0.2, -0.15) is 0 Å². The van der Waals surface area contributed by atoms with Crippen LogP contribution in [-0.4, -0.2) is 7.05 Å². The van der Waals surface area contributed by atoms with Crippen molar-refractivity contribution in [2.75, 3.05) is 7.05 Å². The van der Waals surface area contributed by atoms with E-state index in [0.717, 1.165) is 17.7 Å². The lowest BCUT2D eigenvalue weighted by Gasteiger charge is -2.32. The number of halogens is 1. The molecule has 1 aliphatic heterocycles. The van der Waals surface area contributed by atoms with Crippen molar-refractivity contribution in [2.45, 2.75) is 32.4 Å². The zero-order valence-corrected chi connectivity index (χ0v) is 12.6. The number of ether oxygens (including phenoxy) is 1. The molecule has 1 aliphatic rings. The SMILES string of the molecule is CNC1CC(c2cc(C)cc(C)c2)Oc2ccc(F)cc21. The monoisotopic (exact) mass is 285 g/mol. The van der Waals surface area contributed by atoms with E-state index < -0.39 is 0 Å². The molecular formula is C18H20FNO. The molecule has 1 heterocycles. The van der Waals surface area contributed by atoms with Crippen molar-refractivity contribution >= 4 is 0 Å². The van der Waals surface area contributed by atoms with Gasteiger partial charge in [-0.05, 0) is 44.7 Å². The second-order valence-electron chi connectivity index (χ2n) is 5.79. The lowest BCUT2D eigenvalue weighted by Crippen LogP contribution is -2.27. The Morgan fingerprint density at radius 1 is 1.10 bits per heavy atom. The summed E-state index contributed by atoms with van der Waals surface area (Å²) >= 11 is 0. The maximum atomic E-state index is 13.4. The van der Waals surface area contributed by atoms with Crippen LogP contribution < -0.4 is 10.1 Å². The first-order valence-corrected chi connectivity index (χ1v) is 7.28. The number of hydrogen-bond donors (Lipinski definition) is 1. The van der Waals surface area contributed by atoms with E-state index in [1.54, 1.807) is 12.1 Å². The summed E-state index contributed by atoms with van der Waals surface area (Å²) < 4.78 is 19.6. The summed E-state index contributed by atoms with van der Waals surface area (Å²) in [6.45, 7) is 4.19. The summed E-state index contributed by atoms with van der Waals surface area (Å²) in [6.07, 6.45) is 0.801. The molecule has 2 aromatic carbocycles. The van der Waals surface area contributed by atoms with Crippen LogP contribution in [0.15, 0.2) is 36.4 Å². The van der Waals surface area contributed by atoms with Crippen molar-refractivity contribution in [3.8, 4) is 5.75 Å². The van der Waals surface area contributed by atoms with Crippen LogP contribution in [0, 0.1) is 19.7 Å². The van der Waals surface area contributed by atoms with Gasteiger partial charge in [-0.15, -0.1) is 0 Å². The predicted octanol–water partition coefficient (Wildman–Crippen LogP) is 4.23. The van der Waals surface area contributed by atoms with Gasteiger partial charge in [0.1, 0.15) is 17.7 Å². The Labute approximate surface area is 125 Å². The summed E-state index contributed by atoms with van der Waals surface area (Å²) in [5, 5.41) is 3.27. The normalized spacial score (nSPS) is 20.8. The molecule has 0 saturated heterocycles. The van der Waals surface area contributed by atoms with Crippen LogP contribution in [0.25, 0.3) is 0 Å². The smallest absolute Gasteiger partial charge is 0.126 e. The number of benzene rings is 2. The number of hydrogen-bond acceptors (Lipinski definition) is 2. The van der Waals surface area contributed by atoms with Gasteiger partial charge in [0, 0.05) is 18.0 Å². The molecule has 0 aliphatic carbocycles. The summed E-state index contributed by atoms with van der Waals surface area (Å²) in [6, 6.07) is 11.3. The first-order chi connectivity index (χ1) is 10.1. The summed E-state index contributed by atoms with van der Waals surface area (Å²) in [5.41, 5.74) is 4.56. The molecule has 2 unspecified atom stereocenters. The Kier molecular flexibility index (Phi) is 3.68. The summed E-state index contributed by atoms with van der Waals surface area (Å²) in [5.74, 6) is 0.550. The number of fused-ring (bicyclic) bond motifs is 1. The molecule has 0 aromatic heterocycles. The van der Waals surface area contributed by atoms with E-state index in [1.165, 1.54) is 22.8 Å². The van der Waals surface area contributed by atoms with Crippen molar-refractivity contribution < 1.29 is 9.13 Å². The topological polar surface area (TPSA) is 21.3 Å². The fraction of sp³-hybridized carbons (Fsp3) is 0.333. The van der Waals surface area contributed by atoms with Crippen molar-refractivity contribution in [3.05, 3.63) is 64.5 Å². The highest BCUT2D eigenvalue weighted by Crippen LogP contribution is 2.41. The van der Waals surface area contributed by atoms with E-state index in [1.807, 2.05) is 7.05 Å². The van der Waals surface area contributed by atoms with Crippen molar-refractivity contribution in [1.82, 2.24) is 5.32 Å². The Hall–Kier alpha value is -1.87. The molecule has 2 aromatic rings. The minimum atomic E-state index is -0.220. The average molecular weight is 285 g/mol. The highest BCUT2D eigenvalue weighted by atomic mass is 19.1. The standard InChI is InChI=1S/C18H20FNO/c1-11-6-12(2)8-13(7-11)18-10-16(20-3)15-9-14(19)4-5-17(15)21-18/h4-9,16,18,20H,10H2,1-3H3. The van der Waals surface area contributed by atoms with Crippen LogP contribution in [0.2, 0.25) is 0 Å². The van der Waals surface area contributed by atoms with Crippen molar-refractivity contribution in [2.24, 2.45) is 0 Å². The largest absolute Gasteiger partial charge is 0.485 e. The fourth-order valence-corrected chi connectivity index (χ4v) is 3.11. The van der Waals surface area contributed by atoms with Gasteiger partial charge in [-0.1, -0.05) is 29.3 Å². The average Bonchev–Trinajstić information content (AvgIpc) is 2.45. The van der Waals surface area contributed by atoms with E-state index in [9.17, 15) is 4.39 Å². The van der Waals surface area contributed by atoms with Crippen molar-refractivity contribution in [1.29, 1.82) is 0 Å². The molecule has 0 radical (unpaired) electrons. The van der Waals surface area contributed by atoms with Crippen LogP contribution >= 0.6 is 0 Å². The number of nitrogens with one attached hydrogen (secondary N) is 1. The number of rotatable bonds is 2. The van der Waals surface area contributed by atoms with Gasteiger partial charge in [0.05, 0.1) is 0 Å². The maximum absolute atomic E-state index is 13.4. The van der Waals surface area contributed by atoms with Crippen LogP contribution in [-0.2, 0) is 0 Å². The van der Waals surface area contributed by atoms with E-state index in [4.69, 9.17) is 4.74 Å². The Bertz CT molecular complexity index is 648. The molecule has 0 saturated carbocycles. The molecule has 3 rings (SSSR count). The predicted molar refractivity (Wildman–Crippen MR) is 82.1 cm³/mol. The molecule has 2 atom stereocenters. The summed E-state index contributed by atoms with van der Waals surface area (Å²) in [4.78, 5) is 0. The minimum Gasteiger partial charge on any atom is -0.485 e. The summed E-state index contributed by atoms with van der Waals surface area (Å²) in [7, 11) is 1.91. The van der Waals surface area contributed by atoms with E-state index in [2.05, 4.69) is 37.4 Å². The minimum absolute atomic E-state index is 0.000916. The molecule has 21 heavy (non-hydrogen) atoms. The van der Waals surface area contributed by atoms with Crippen LogP contribution in [0.4, 0.5) is 4.39 Å². The second kappa shape index (κ2) is 5.49. The third-order valence-corrected chi connectivity index (χ3v) is 4.03. The molecule has 0 fully saturated rings. The van der Waals surface area contributed by atoms with E-state index in [0.29, 0.717) is 0 Å². The highest BCUT2D eigenvalue weighted by molar-refractivity contribution is 5.40. The third-order valence-electron chi connectivity index (χ3n) is 4.03. The second-order valence-corrected chi connectivity index (χ2v) is 5.79. The molecule has 0 bridgehead atoms. The number of aryl methyl sites for hydroxylation is 2. The highest BCUT2D eigenvalue weighted by Gasteiger charge is 2.29. The Balaban J connectivity index is 1.98. The van der Waals surface area contributed by atoms with Crippen LogP contribution in [0.3, 0.4) is 0 Å². The molecule has 3 heteroatoms. The van der Waals surface area contributed by atoms with Crippen LogP contribution in [0.5, 0.6) is 5.75 Å². The first kappa shape index (κ1) is 14.1. The molecule has 0 spiro atoms. The molecule has 110 valence electrons. The molecular weight excluding hydrogens is 265 g/mol. The zero-order valence-electron chi connectivity index (χ0n) is 12.6. The van der Waals surface area contributed by atoms with E-state index in [-0.39, 0.29) is 18.0 Å². The maximum Gasteiger partial charge on any atom is 0.126 e. The quantitative estimate of drug-likeness (QED) is 0.891. The third kappa shape index (κ3) is 2.79. The lowest BCUT2D eigenvalue weighted by atomic mass is 9.91. The fourth-order valence-electron chi connectivity index (χ4n) is 3.11. The van der Waals surface area contributed by atoms with Gasteiger partial charge in [0.15, 0.2) is 0 Å². The van der Waals surface area contributed by atoms with Gasteiger partial charge in [0.25, 0.3) is 0 Å². The van der Waals surface area contributed by atoms with Gasteiger partial charge in [-0.25, -0.2) is 4.39 Å². The molecule has 1 N–H and O–H groups in total. The molecule has 2 nitrogen and oxygen atoms in total. The van der Waals surface area contributed by atoms with Gasteiger partial charge in [0.2, 0.25) is 0 Å². The lowest BCUT2D eigenvalue weighted by molar-refractivity contribution is 0.153. The molecule has 0 amide bonds. The van der Waals surface area contributed by atoms with Gasteiger partial charge < -0.3 is 10.1 Å². The van der Waals surface area contributed by atoms with Gasteiger partial charge >= 0.3 is 0 Å². The van der Waals surface area contributed by atoms with Gasteiger partial charge in [-0.3, -0.25) is 0 Å². The Morgan fingerprint density at radius 2 is 1.81 bits per heavy atom. The zero-order chi connectivity index (χ0) is 15.0. The Morgan fingerprint density at radius 3 is 2.48 bits per heavy atom.